The Hall–Kier alpha value is -2.77. The van der Waals surface area contributed by atoms with Gasteiger partial charge in [0.05, 0.1) is 5.69 Å². The van der Waals surface area contributed by atoms with Crippen LogP contribution in [0, 0.1) is 0 Å². The summed E-state index contributed by atoms with van der Waals surface area (Å²) in [5.74, 6) is -0.431. The van der Waals surface area contributed by atoms with E-state index < -0.39 is 11.5 Å². The number of amides is 1. The average Bonchev–Trinajstić information content (AvgIpc) is 3.04. The van der Waals surface area contributed by atoms with Gasteiger partial charge in [-0.25, -0.2) is 4.98 Å². The number of benzene rings is 1. The number of fused-ring (bicyclic) bond motifs is 1. The van der Waals surface area contributed by atoms with Crippen LogP contribution in [0.1, 0.15) is 26.5 Å². The Kier molecular flexibility index (Phi) is 4.64. The number of aromatic nitrogens is 2. The molecule has 0 atom stereocenters. The summed E-state index contributed by atoms with van der Waals surface area (Å²) in [7, 11) is 0. The number of carbonyl (C=O) groups is 1. The maximum atomic E-state index is 12.3. The average molecular weight is 366 g/mol. The molecule has 0 fully saturated rings. The third kappa shape index (κ3) is 3.58. The van der Waals surface area contributed by atoms with Gasteiger partial charge < -0.3 is 4.98 Å². The van der Waals surface area contributed by atoms with E-state index in [1.165, 1.54) is 34.0 Å². The molecule has 0 aliphatic carbocycles. The van der Waals surface area contributed by atoms with E-state index in [0.717, 1.165) is 31.7 Å². The zero-order valence-electron chi connectivity index (χ0n) is 14.1. The third-order valence-corrected chi connectivity index (χ3v) is 5.34. The maximum absolute atomic E-state index is 12.3. The van der Waals surface area contributed by atoms with Crippen molar-refractivity contribution in [2.45, 2.75) is 19.5 Å². The van der Waals surface area contributed by atoms with Crippen LogP contribution < -0.4 is 10.9 Å². The highest BCUT2D eigenvalue weighted by molar-refractivity contribution is 7.15. The molecule has 0 saturated heterocycles. The van der Waals surface area contributed by atoms with Crippen molar-refractivity contribution in [3.8, 4) is 0 Å². The highest BCUT2D eigenvalue weighted by Crippen LogP contribution is 2.29. The van der Waals surface area contributed by atoms with Crippen LogP contribution in [-0.2, 0) is 19.5 Å². The van der Waals surface area contributed by atoms with E-state index >= 15 is 0 Å². The zero-order valence-corrected chi connectivity index (χ0v) is 14.9. The Bertz CT molecular complexity index is 980. The minimum absolute atomic E-state index is 0.0892. The second-order valence-corrected chi connectivity index (χ2v) is 7.29. The normalized spacial score (nSPS) is 14.0. The van der Waals surface area contributed by atoms with Crippen LogP contribution in [0.5, 0.6) is 0 Å². The van der Waals surface area contributed by atoms with Crippen molar-refractivity contribution in [1.29, 1.82) is 0 Å². The van der Waals surface area contributed by atoms with E-state index in [1.807, 2.05) is 6.07 Å². The molecule has 0 radical (unpaired) electrons. The van der Waals surface area contributed by atoms with Gasteiger partial charge in [-0.3, -0.25) is 19.8 Å². The van der Waals surface area contributed by atoms with Gasteiger partial charge in [0.1, 0.15) is 5.56 Å². The van der Waals surface area contributed by atoms with E-state index in [2.05, 4.69) is 44.5 Å². The Morgan fingerprint density at radius 1 is 1.23 bits per heavy atom. The molecule has 4 rings (SSSR count). The number of thiazole rings is 1. The Morgan fingerprint density at radius 2 is 2.08 bits per heavy atom. The van der Waals surface area contributed by atoms with Crippen molar-refractivity contribution in [2.75, 3.05) is 11.9 Å². The lowest BCUT2D eigenvalue weighted by Gasteiger charge is -2.25. The first-order valence-electron chi connectivity index (χ1n) is 8.43. The van der Waals surface area contributed by atoms with Crippen LogP contribution in [0.2, 0.25) is 0 Å². The Balaban J connectivity index is 1.45. The monoisotopic (exact) mass is 366 g/mol. The summed E-state index contributed by atoms with van der Waals surface area (Å²) < 4.78 is 0. The molecule has 1 aliphatic heterocycles. The summed E-state index contributed by atoms with van der Waals surface area (Å²) in [4.78, 5) is 34.6. The molecule has 0 saturated carbocycles. The summed E-state index contributed by atoms with van der Waals surface area (Å²) in [6.07, 6.45) is 2.36. The van der Waals surface area contributed by atoms with E-state index in [0.29, 0.717) is 5.13 Å². The summed E-state index contributed by atoms with van der Waals surface area (Å²) in [5.41, 5.74) is 2.01. The molecule has 26 heavy (non-hydrogen) atoms. The van der Waals surface area contributed by atoms with Gasteiger partial charge in [0, 0.05) is 37.1 Å². The molecule has 0 unspecified atom stereocenters. The van der Waals surface area contributed by atoms with Gasteiger partial charge in [0.2, 0.25) is 0 Å². The first-order chi connectivity index (χ1) is 12.7. The number of nitrogens with one attached hydrogen (secondary N) is 2. The number of H-pyrrole nitrogens is 1. The molecule has 3 aromatic rings. The predicted octanol–water partition coefficient (Wildman–Crippen LogP) is 2.64. The van der Waals surface area contributed by atoms with Crippen molar-refractivity contribution in [3.63, 3.8) is 0 Å². The second kappa shape index (κ2) is 7.23. The fourth-order valence-electron chi connectivity index (χ4n) is 3.04. The quantitative estimate of drug-likeness (QED) is 0.744. The highest BCUT2D eigenvalue weighted by Gasteiger charge is 2.22. The summed E-state index contributed by atoms with van der Waals surface area (Å²) in [6.45, 7) is 2.67. The van der Waals surface area contributed by atoms with Gasteiger partial charge in [-0.15, -0.1) is 11.3 Å². The summed E-state index contributed by atoms with van der Waals surface area (Å²) >= 11 is 1.48. The number of rotatable bonds is 4. The number of aromatic amines is 1. The molecule has 1 aromatic carbocycles. The molecule has 7 heteroatoms. The number of hydrogen-bond acceptors (Lipinski definition) is 5. The van der Waals surface area contributed by atoms with E-state index in [1.54, 1.807) is 6.07 Å². The summed E-state index contributed by atoms with van der Waals surface area (Å²) in [5, 5.41) is 3.30. The van der Waals surface area contributed by atoms with Crippen LogP contribution in [0.4, 0.5) is 5.13 Å². The lowest BCUT2D eigenvalue weighted by molar-refractivity contribution is 0.102. The topological polar surface area (TPSA) is 78.1 Å². The van der Waals surface area contributed by atoms with Gasteiger partial charge in [-0.2, -0.15) is 0 Å². The van der Waals surface area contributed by atoms with Crippen molar-refractivity contribution in [2.24, 2.45) is 0 Å². The molecular weight excluding hydrogens is 348 g/mol. The molecule has 0 bridgehead atoms. The molecule has 6 nitrogen and oxygen atoms in total. The number of nitrogens with zero attached hydrogens (tertiary/aromatic N) is 2. The van der Waals surface area contributed by atoms with Crippen LogP contribution in [-0.4, -0.2) is 27.3 Å². The third-order valence-electron chi connectivity index (χ3n) is 4.34. The molecule has 2 aromatic heterocycles. The van der Waals surface area contributed by atoms with Gasteiger partial charge in [0.25, 0.3) is 11.5 Å². The van der Waals surface area contributed by atoms with Crippen LogP contribution in [0.3, 0.4) is 0 Å². The largest absolute Gasteiger partial charge is 0.328 e. The van der Waals surface area contributed by atoms with E-state index in [-0.39, 0.29) is 5.56 Å². The molecule has 3 heterocycles. The fraction of sp³-hybridized carbons (Fsp3) is 0.211. The van der Waals surface area contributed by atoms with Crippen LogP contribution in [0.15, 0.2) is 53.5 Å². The molecular formula is C19H18N4O2S. The van der Waals surface area contributed by atoms with Gasteiger partial charge >= 0.3 is 0 Å². The number of anilines is 1. The SMILES string of the molecule is O=C(Nc1nc2c(s1)CN(Cc1ccccc1)CC2)c1ccc[nH]c1=O. The van der Waals surface area contributed by atoms with Crippen molar-refractivity contribution >= 4 is 22.4 Å². The first kappa shape index (κ1) is 16.7. The second-order valence-electron chi connectivity index (χ2n) is 6.20. The smallest absolute Gasteiger partial charge is 0.263 e. The van der Waals surface area contributed by atoms with Crippen molar-refractivity contribution in [1.82, 2.24) is 14.9 Å². The van der Waals surface area contributed by atoms with Gasteiger partial charge in [0.15, 0.2) is 5.13 Å². The van der Waals surface area contributed by atoms with Crippen LogP contribution >= 0.6 is 11.3 Å². The lowest BCUT2D eigenvalue weighted by Crippen LogP contribution is -2.29. The van der Waals surface area contributed by atoms with Crippen LogP contribution in [0.25, 0.3) is 0 Å². The minimum Gasteiger partial charge on any atom is -0.328 e. The fourth-order valence-corrected chi connectivity index (χ4v) is 4.09. The van der Waals surface area contributed by atoms with Crippen molar-refractivity contribution < 1.29 is 4.79 Å². The first-order valence-corrected chi connectivity index (χ1v) is 9.24. The van der Waals surface area contributed by atoms with E-state index in [4.69, 9.17) is 0 Å². The van der Waals surface area contributed by atoms with E-state index in [9.17, 15) is 9.59 Å². The van der Waals surface area contributed by atoms with Gasteiger partial charge in [-0.1, -0.05) is 30.3 Å². The maximum Gasteiger partial charge on any atom is 0.263 e. The number of pyridine rings is 1. The van der Waals surface area contributed by atoms with Gasteiger partial charge in [-0.05, 0) is 17.7 Å². The Labute approximate surface area is 154 Å². The molecule has 1 amide bonds. The minimum atomic E-state index is -0.431. The number of carbonyl (C=O) groups excluding carboxylic acids is 1. The standard InChI is InChI=1S/C19H18N4O2S/c24-17-14(7-4-9-20-17)18(25)22-19-21-15-8-10-23(12-16(15)26-19)11-13-5-2-1-3-6-13/h1-7,9H,8,10-12H2,(H,20,24)(H,21,22,25). The number of hydrogen-bond donors (Lipinski definition) is 2. The predicted molar refractivity (Wildman–Crippen MR) is 101 cm³/mol. The molecule has 2 N–H and O–H groups in total. The highest BCUT2D eigenvalue weighted by atomic mass is 32.1. The Morgan fingerprint density at radius 3 is 2.88 bits per heavy atom. The zero-order chi connectivity index (χ0) is 17.9. The summed E-state index contributed by atoms with van der Waals surface area (Å²) in [6, 6.07) is 13.5. The molecule has 132 valence electrons. The lowest BCUT2D eigenvalue weighted by atomic mass is 10.1. The molecule has 0 spiro atoms. The molecule has 1 aliphatic rings. The van der Waals surface area contributed by atoms with Crippen molar-refractivity contribution in [3.05, 3.63) is 80.7 Å².